The Morgan fingerprint density at radius 2 is 2.06 bits per heavy atom. The van der Waals surface area contributed by atoms with Crippen molar-refractivity contribution in [1.29, 1.82) is 0 Å². The number of nitrogens with two attached hydrogens (primary N) is 1. The highest BCUT2D eigenvalue weighted by molar-refractivity contribution is 7.15. The van der Waals surface area contributed by atoms with E-state index in [9.17, 15) is 0 Å². The van der Waals surface area contributed by atoms with Crippen LogP contribution in [0.15, 0.2) is 18.3 Å². The Morgan fingerprint density at radius 1 is 1.33 bits per heavy atom. The lowest BCUT2D eigenvalue weighted by Gasteiger charge is -2.16. The van der Waals surface area contributed by atoms with Crippen molar-refractivity contribution in [3.8, 4) is 10.7 Å². The zero-order valence-corrected chi connectivity index (χ0v) is 12.3. The van der Waals surface area contributed by atoms with Crippen molar-refractivity contribution >= 4 is 22.9 Å². The molecule has 5 heteroatoms. The van der Waals surface area contributed by atoms with Gasteiger partial charge in [0, 0.05) is 23.0 Å². The molecule has 2 N–H and O–H groups in total. The van der Waals surface area contributed by atoms with Crippen LogP contribution in [0.4, 0.5) is 0 Å². The second kappa shape index (κ2) is 4.96. The van der Waals surface area contributed by atoms with E-state index in [4.69, 9.17) is 17.3 Å². The summed E-state index contributed by atoms with van der Waals surface area (Å²) in [5, 5.41) is 1.53. The van der Waals surface area contributed by atoms with Crippen LogP contribution in [0, 0.1) is 0 Å². The fourth-order valence-corrected chi connectivity index (χ4v) is 2.93. The van der Waals surface area contributed by atoms with Gasteiger partial charge in [-0.1, -0.05) is 32.4 Å². The second-order valence-corrected chi connectivity index (χ2v) is 6.63. The highest BCUT2D eigenvalue weighted by Gasteiger charge is 2.23. The topological polar surface area (TPSA) is 51.8 Å². The van der Waals surface area contributed by atoms with Gasteiger partial charge in [-0.3, -0.25) is 4.98 Å². The molecule has 2 heterocycles. The molecular formula is C13H16ClN3S. The Labute approximate surface area is 116 Å². The standard InChI is InChI=1S/C13H16ClN3S/c1-13(2,3)11-10(6-15)18-12(17-11)9-5-4-8(14)7-16-9/h4-5,7H,6,15H2,1-3H3. The highest BCUT2D eigenvalue weighted by atomic mass is 35.5. The molecule has 0 atom stereocenters. The van der Waals surface area contributed by atoms with Gasteiger partial charge in [-0.05, 0) is 12.1 Å². The van der Waals surface area contributed by atoms with Crippen molar-refractivity contribution in [2.24, 2.45) is 5.73 Å². The molecular weight excluding hydrogens is 266 g/mol. The van der Waals surface area contributed by atoms with E-state index in [2.05, 4.69) is 30.7 Å². The molecule has 0 aliphatic carbocycles. The summed E-state index contributed by atoms with van der Waals surface area (Å²) in [5.41, 5.74) is 7.69. The van der Waals surface area contributed by atoms with Crippen LogP contribution in [-0.2, 0) is 12.0 Å². The molecule has 0 unspecified atom stereocenters. The van der Waals surface area contributed by atoms with Gasteiger partial charge in [-0.25, -0.2) is 4.98 Å². The molecule has 0 saturated heterocycles. The van der Waals surface area contributed by atoms with Gasteiger partial charge in [0.2, 0.25) is 0 Å². The Kier molecular flexibility index (Phi) is 3.71. The fraction of sp³-hybridized carbons (Fsp3) is 0.385. The van der Waals surface area contributed by atoms with Crippen molar-refractivity contribution in [3.05, 3.63) is 33.9 Å². The normalized spacial score (nSPS) is 11.8. The molecule has 2 aromatic heterocycles. The van der Waals surface area contributed by atoms with Crippen LogP contribution < -0.4 is 5.73 Å². The summed E-state index contributed by atoms with van der Waals surface area (Å²) in [7, 11) is 0. The van der Waals surface area contributed by atoms with Crippen LogP contribution in [-0.4, -0.2) is 9.97 Å². The second-order valence-electron chi connectivity index (χ2n) is 5.11. The first-order valence-electron chi connectivity index (χ1n) is 5.74. The molecule has 0 radical (unpaired) electrons. The average Bonchev–Trinajstić information content (AvgIpc) is 2.73. The van der Waals surface area contributed by atoms with Gasteiger partial charge in [0.05, 0.1) is 16.4 Å². The van der Waals surface area contributed by atoms with E-state index in [-0.39, 0.29) is 5.41 Å². The number of hydrogen-bond donors (Lipinski definition) is 1. The van der Waals surface area contributed by atoms with Crippen molar-refractivity contribution in [3.63, 3.8) is 0 Å². The minimum atomic E-state index is -0.00409. The molecule has 3 nitrogen and oxygen atoms in total. The van der Waals surface area contributed by atoms with E-state index in [1.165, 1.54) is 0 Å². The predicted molar refractivity (Wildman–Crippen MR) is 76.9 cm³/mol. The van der Waals surface area contributed by atoms with Gasteiger partial charge in [0.1, 0.15) is 5.01 Å². The predicted octanol–water partition coefficient (Wildman–Crippen LogP) is 3.61. The Hall–Kier alpha value is -0.970. The lowest BCUT2D eigenvalue weighted by atomic mass is 9.91. The zero-order chi connectivity index (χ0) is 13.3. The van der Waals surface area contributed by atoms with Crippen molar-refractivity contribution in [2.75, 3.05) is 0 Å². The number of halogens is 1. The smallest absolute Gasteiger partial charge is 0.142 e. The van der Waals surface area contributed by atoms with Gasteiger partial charge in [0.15, 0.2) is 0 Å². The van der Waals surface area contributed by atoms with E-state index >= 15 is 0 Å². The van der Waals surface area contributed by atoms with Gasteiger partial charge in [0.25, 0.3) is 0 Å². The van der Waals surface area contributed by atoms with E-state index in [1.807, 2.05) is 12.1 Å². The van der Waals surface area contributed by atoms with Gasteiger partial charge >= 0.3 is 0 Å². The van der Waals surface area contributed by atoms with Crippen LogP contribution in [0.2, 0.25) is 5.02 Å². The lowest BCUT2D eigenvalue weighted by Crippen LogP contribution is -2.15. The molecule has 0 saturated carbocycles. The molecule has 0 amide bonds. The maximum atomic E-state index is 5.84. The molecule has 0 aliphatic rings. The van der Waals surface area contributed by atoms with E-state index in [0.29, 0.717) is 11.6 Å². The third kappa shape index (κ3) is 2.71. The molecule has 2 aromatic rings. The van der Waals surface area contributed by atoms with Crippen LogP contribution in [0.25, 0.3) is 10.7 Å². The molecule has 96 valence electrons. The number of nitrogens with zero attached hydrogens (tertiary/aromatic N) is 2. The first-order valence-corrected chi connectivity index (χ1v) is 6.93. The van der Waals surface area contributed by atoms with Crippen LogP contribution in [0.3, 0.4) is 0 Å². The molecule has 18 heavy (non-hydrogen) atoms. The van der Waals surface area contributed by atoms with Crippen LogP contribution in [0.5, 0.6) is 0 Å². The van der Waals surface area contributed by atoms with Crippen molar-refractivity contribution in [1.82, 2.24) is 9.97 Å². The summed E-state index contributed by atoms with van der Waals surface area (Å²) in [6.07, 6.45) is 1.64. The van der Waals surface area contributed by atoms with Crippen molar-refractivity contribution < 1.29 is 0 Å². The third-order valence-electron chi connectivity index (χ3n) is 2.54. The third-order valence-corrected chi connectivity index (χ3v) is 3.86. The molecule has 0 aliphatic heterocycles. The SMILES string of the molecule is CC(C)(C)c1nc(-c2ccc(Cl)cn2)sc1CN. The molecule has 0 spiro atoms. The first kappa shape index (κ1) is 13.5. The lowest BCUT2D eigenvalue weighted by molar-refractivity contribution is 0.567. The largest absolute Gasteiger partial charge is 0.326 e. The summed E-state index contributed by atoms with van der Waals surface area (Å²) >= 11 is 7.44. The maximum absolute atomic E-state index is 5.84. The Balaban J connectivity index is 2.47. The number of thiazole rings is 1. The highest BCUT2D eigenvalue weighted by Crippen LogP contribution is 2.33. The summed E-state index contributed by atoms with van der Waals surface area (Å²) in [6, 6.07) is 3.71. The summed E-state index contributed by atoms with van der Waals surface area (Å²) < 4.78 is 0. The number of hydrogen-bond acceptors (Lipinski definition) is 4. The fourth-order valence-electron chi connectivity index (χ4n) is 1.69. The number of pyridine rings is 1. The van der Waals surface area contributed by atoms with Gasteiger partial charge in [-0.15, -0.1) is 11.3 Å². The monoisotopic (exact) mass is 281 g/mol. The Morgan fingerprint density at radius 3 is 2.50 bits per heavy atom. The maximum Gasteiger partial charge on any atom is 0.142 e. The van der Waals surface area contributed by atoms with Crippen molar-refractivity contribution in [2.45, 2.75) is 32.7 Å². The average molecular weight is 282 g/mol. The van der Waals surface area contributed by atoms with Crippen LogP contribution >= 0.6 is 22.9 Å². The van der Waals surface area contributed by atoms with Gasteiger partial charge in [-0.2, -0.15) is 0 Å². The van der Waals surface area contributed by atoms with Crippen LogP contribution in [0.1, 0.15) is 31.3 Å². The number of aromatic nitrogens is 2. The zero-order valence-electron chi connectivity index (χ0n) is 10.7. The quantitative estimate of drug-likeness (QED) is 0.915. The van der Waals surface area contributed by atoms with E-state index in [0.717, 1.165) is 21.3 Å². The first-order chi connectivity index (χ1) is 8.41. The molecule has 2 rings (SSSR count). The van der Waals surface area contributed by atoms with E-state index < -0.39 is 0 Å². The summed E-state index contributed by atoms with van der Waals surface area (Å²) in [5.74, 6) is 0. The summed E-state index contributed by atoms with van der Waals surface area (Å²) in [6.45, 7) is 6.93. The molecule has 0 fully saturated rings. The number of rotatable bonds is 2. The molecule has 0 aromatic carbocycles. The minimum Gasteiger partial charge on any atom is -0.326 e. The van der Waals surface area contributed by atoms with Gasteiger partial charge < -0.3 is 5.73 Å². The molecule has 0 bridgehead atoms. The Bertz CT molecular complexity index is 540. The van der Waals surface area contributed by atoms with E-state index in [1.54, 1.807) is 17.5 Å². The minimum absolute atomic E-state index is 0.00409. The summed E-state index contributed by atoms with van der Waals surface area (Å²) in [4.78, 5) is 10.1.